The van der Waals surface area contributed by atoms with Crippen LogP contribution < -0.4 is 27.2 Å². The summed E-state index contributed by atoms with van der Waals surface area (Å²) in [5, 5.41) is 13.3. The SMILES string of the molecule is CC(C)[C@@H]1Cn2c(=N)/c(=C(\NCc3ccc(C(F)(F)F)nc3)SC3CCCC3)c(=O)n(C)c2=N1. The minimum atomic E-state index is -4.49. The summed E-state index contributed by atoms with van der Waals surface area (Å²) in [6.45, 7) is 4.87. The van der Waals surface area contributed by atoms with Crippen LogP contribution in [0.1, 0.15) is 50.8 Å². The molecule has 1 saturated carbocycles. The number of nitrogens with zero attached hydrogens (tertiary/aromatic N) is 4. The van der Waals surface area contributed by atoms with Crippen LogP contribution >= 0.6 is 11.8 Å². The fourth-order valence-electron chi connectivity index (χ4n) is 4.29. The topological polar surface area (TPSA) is 88.1 Å². The number of alkyl halides is 3. The Balaban J connectivity index is 1.75. The van der Waals surface area contributed by atoms with Gasteiger partial charge < -0.3 is 5.32 Å². The van der Waals surface area contributed by atoms with Crippen molar-refractivity contribution in [1.29, 1.82) is 5.41 Å². The molecule has 1 atom stereocenters. The van der Waals surface area contributed by atoms with Crippen molar-refractivity contribution in [2.75, 3.05) is 0 Å². The van der Waals surface area contributed by atoms with Crippen LogP contribution in [0.5, 0.6) is 0 Å². The predicted molar refractivity (Wildman–Crippen MR) is 124 cm³/mol. The Morgan fingerprint density at radius 1 is 1.29 bits per heavy atom. The standard InChI is InChI=1S/C23H29F3N6OS/c1-13(2)16-12-32-19(27)18(21(33)31(3)22(32)30-16)20(34-15-6-4-5-7-15)29-11-14-8-9-17(28-10-14)23(24,25)26/h8-10,13,15-16,27,29H,4-7,11-12H2,1-3H3/b20-18-,27-19?/t16-/m0/s1. The van der Waals surface area contributed by atoms with Gasteiger partial charge in [-0.1, -0.05) is 32.8 Å². The second kappa shape index (κ2) is 9.59. The normalized spacial score (nSPS) is 19.3. The molecule has 0 bridgehead atoms. The zero-order valence-corrected chi connectivity index (χ0v) is 20.3. The molecule has 0 saturated heterocycles. The predicted octanol–water partition coefficient (Wildman–Crippen LogP) is 2.27. The lowest BCUT2D eigenvalue weighted by atomic mass is 10.1. The Kier molecular flexibility index (Phi) is 6.93. The number of aromatic nitrogens is 3. The third kappa shape index (κ3) is 4.94. The molecule has 7 nitrogen and oxygen atoms in total. The molecule has 1 aliphatic heterocycles. The number of fused-ring (bicyclic) bond motifs is 1. The molecular formula is C23H29F3N6OS. The van der Waals surface area contributed by atoms with Gasteiger partial charge in [0.05, 0.1) is 17.6 Å². The number of hydrogen-bond donors (Lipinski definition) is 2. The third-order valence-corrected chi connectivity index (χ3v) is 7.76. The Hall–Kier alpha value is -2.56. The van der Waals surface area contributed by atoms with Crippen molar-refractivity contribution >= 4 is 16.8 Å². The number of hydrogen-bond acceptors (Lipinski definition) is 6. The van der Waals surface area contributed by atoms with E-state index >= 15 is 0 Å². The highest BCUT2D eigenvalue weighted by Crippen LogP contribution is 2.33. The van der Waals surface area contributed by atoms with Crippen molar-refractivity contribution in [3.8, 4) is 0 Å². The summed E-state index contributed by atoms with van der Waals surface area (Å²) in [6, 6.07) is 2.33. The van der Waals surface area contributed by atoms with Crippen LogP contribution in [-0.2, 0) is 26.3 Å². The summed E-state index contributed by atoms with van der Waals surface area (Å²) in [6.07, 6.45) is 0.981. The fourth-order valence-corrected chi connectivity index (χ4v) is 5.65. The van der Waals surface area contributed by atoms with Gasteiger partial charge in [0.25, 0.3) is 5.56 Å². The summed E-state index contributed by atoms with van der Waals surface area (Å²) in [4.78, 5) is 21.6. The summed E-state index contributed by atoms with van der Waals surface area (Å²) in [5.41, 5.74) is -0.0766. The van der Waals surface area contributed by atoms with E-state index in [2.05, 4.69) is 29.1 Å². The van der Waals surface area contributed by atoms with Crippen molar-refractivity contribution < 1.29 is 13.2 Å². The highest BCUT2D eigenvalue weighted by atomic mass is 32.2. The van der Waals surface area contributed by atoms with Gasteiger partial charge >= 0.3 is 6.18 Å². The molecule has 2 aromatic heterocycles. The first-order valence-electron chi connectivity index (χ1n) is 11.5. The molecule has 0 aromatic carbocycles. The van der Waals surface area contributed by atoms with Crippen LogP contribution in [0.25, 0.3) is 5.03 Å². The van der Waals surface area contributed by atoms with Crippen LogP contribution in [0.4, 0.5) is 13.2 Å². The van der Waals surface area contributed by atoms with E-state index in [1.165, 1.54) is 16.8 Å². The van der Waals surface area contributed by atoms with Crippen molar-refractivity contribution in [2.24, 2.45) is 18.0 Å². The average molecular weight is 495 g/mol. The molecule has 4 rings (SSSR count). The monoisotopic (exact) mass is 494 g/mol. The van der Waals surface area contributed by atoms with Crippen molar-refractivity contribution in [3.05, 3.63) is 56.3 Å². The fraction of sp³-hybridized carbons (Fsp3) is 0.565. The maximum absolute atomic E-state index is 13.4. The van der Waals surface area contributed by atoms with Gasteiger partial charge in [-0.05, 0) is 30.4 Å². The molecule has 0 amide bonds. The van der Waals surface area contributed by atoms with E-state index in [0.717, 1.165) is 31.7 Å². The lowest BCUT2D eigenvalue weighted by Gasteiger charge is -2.16. The highest BCUT2D eigenvalue weighted by molar-refractivity contribution is 8.08. The van der Waals surface area contributed by atoms with Crippen molar-refractivity contribution in [2.45, 2.75) is 70.1 Å². The van der Waals surface area contributed by atoms with E-state index in [-0.39, 0.29) is 34.8 Å². The quantitative estimate of drug-likeness (QED) is 0.645. The van der Waals surface area contributed by atoms with E-state index in [9.17, 15) is 18.0 Å². The van der Waals surface area contributed by atoms with Crippen LogP contribution in [0.3, 0.4) is 0 Å². The Morgan fingerprint density at radius 2 is 2.00 bits per heavy atom. The first kappa shape index (κ1) is 24.6. The van der Waals surface area contributed by atoms with E-state index in [4.69, 9.17) is 5.41 Å². The molecular weight excluding hydrogens is 465 g/mol. The molecule has 0 radical (unpaired) electrons. The summed E-state index contributed by atoms with van der Waals surface area (Å²) in [7, 11) is 1.67. The molecule has 34 heavy (non-hydrogen) atoms. The number of rotatable bonds is 6. The van der Waals surface area contributed by atoms with Crippen LogP contribution in [0.2, 0.25) is 0 Å². The van der Waals surface area contributed by atoms with Crippen molar-refractivity contribution in [3.63, 3.8) is 0 Å². The van der Waals surface area contributed by atoms with Gasteiger partial charge in [-0.2, -0.15) is 13.2 Å². The summed E-state index contributed by atoms with van der Waals surface area (Å²) in [5.74, 6) is 0.277. The molecule has 2 N–H and O–H groups in total. The first-order valence-corrected chi connectivity index (χ1v) is 12.3. The number of thioether (sulfide) groups is 1. The number of pyridine rings is 1. The van der Waals surface area contributed by atoms with E-state index in [0.29, 0.717) is 28.0 Å². The smallest absolute Gasteiger partial charge is 0.375 e. The molecule has 2 aliphatic rings. The maximum atomic E-state index is 13.4. The largest absolute Gasteiger partial charge is 0.433 e. The van der Waals surface area contributed by atoms with Gasteiger partial charge in [0.15, 0.2) is 0 Å². The van der Waals surface area contributed by atoms with Crippen LogP contribution in [-0.4, -0.2) is 25.4 Å². The van der Waals surface area contributed by atoms with Gasteiger partial charge in [-0.15, -0.1) is 11.8 Å². The maximum Gasteiger partial charge on any atom is 0.433 e. The molecule has 0 unspecified atom stereocenters. The highest BCUT2D eigenvalue weighted by Gasteiger charge is 2.32. The third-order valence-electron chi connectivity index (χ3n) is 6.37. The second-order valence-electron chi connectivity index (χ2n) is 9.20. The average Bonchev–Trinajstić information content (AvgIpc) is 3.46. The molecule has 3 heterocycles. The van der Waals surface area contributed by atoms with Gasteiger partial charge in [0.1, 0.15) is 16.4 Å². The van der Waals surface area contributed by atoms with Gasteiger partial charge in [-0.25, -0.2) is 4.99 Å². The Bertz CT molecular complexity index is 1290. The molecule has 2 aromatic rings. The zero-order chi connectivity index (χ0) is 24.6. The number of nitrogens with one attached hydrogen (secondary N) is 2. The molecule has 1 aliphatic carbocycles. The second-order valence-corrected chi connectivity index (χ2v) is 10.5. The minimum absolute atomic E-state index is 0.00191. The molecule has 1 fully saturated rings. The molecule has 184 valence electrons. The zero-order valence-electron chi connectivity index (χ0n) is 19.4. The minimum Gasteiger partial charge on any atom is -0.375 e. The molecule has 0 spiro atoms. The Morgan fingerprint density at radius 3 is 2.59 bits per heavy atom. The van der Waals surface area contributed by atoms with E-state index in [1.807, 2.05) is 0 Å². The Labute approximate surface area is 199 Å². The van der Waals surface area contributed by atoms with Gasteiger partial charge in [0, 0.05) is 25.0 Å². The lowest BCUT2D eigenvalue weighted by molar-refractivity contribution is -0.141. The van der Waals surface area contributed by atoms with Gasteiger partial charge in [0.2, 0.25) is 5.62 Å². The summed E-state index contributed by atoms with van der Waals surface area (Å²) < 4.78 is 41.8. The van der Waals surface area contributed by atoms with Crippen LogP contribution in [0.15, 0.2) is 28.1 Å². The van der Waals surface area contributed by atoms with E-state index < -0.39 is 11.9 Å². The van der Waals surface area contributed by atoms with E-state index in [1.54, 1.807) is 23.4 Å². The molecule has 11 heteroatoms. The number of halogens is 3. The van der Waals surface area contributed by atoms with Crippen LogP contribution in [0, 0.1) is 11.3 Å². The lowest BCUT2D eigenvalue weighted by Crippen LogP contribution is -2.58. The first-order chi connectivity index (χ1) is 16.1. The van der Waals surface area contributed by atoms with Crippen molar-refractivity contribution in [1.82, 2.24) is 19.4 Å². The van der Waals surface area contributed by atoms with Gasteiger partial charge in [-0.3, -0.25) is 24.3 Å². The summed E-state index contributed by atoms with van der Waals surface area (Å²) >= 11 is 1.55.